The van der Waals surface area contributed by atoms with Gasteiger partial charge in [-0.25, -0.2) is 4.79 Å². The molecule has 0 fully saturated rings. The number of carbonyl (C=O) groups is 1. The maximum Gasteiger partial charge on any atom is 0.355 e. The van der Waals surface area contributed by atoms with Gasteiger partial charge in [0.05, 0.1) is 12.2 Å². The van der Waals surface area contributed by atoms with Crippen molar-refractivity contribution in [3.8, 4) is 28.3 Å². The smallest absolute Gasteiger partial charge is 0.355 e. The minimum atomic E-state index is -0.415. The summed E-state index contributed by atoms with van der Waals surface area (Å²) in [6.07, 6.45) is 2.06. The molecule has 0 amide bonds. The van der Waals surface area contributed by atoms with Crippen molar-refractivity contribution < 1.29 is 9.53 Å². The highest BCUT2D eigenvalue weighted by Gasteiger charge is 2.25. The molecule has 0 saturated heterocycles. The molecule has 0 aliphatic rings. The number of aromatic nitrogens is 1. The molecule has 0 saturated carbocycles. The second-order valence-corrected chi connectivity index (χ2v) is 7.20. The molecule has 1 heterocycles. The maximum atomic E-state index is 12.6. The van der Waals surface area contributed by atoms with Crippen LogP contribution in [0, 0.1) is 18.3 Å². The van der Waals surface area contributed by atoms with Crippen molar-refractivity contribution in [2.75, 3.05) is 12.9 Å². The fourth-order valence-electron chi connectivity index (χ4n) is 3.36. The molecule has 0 atom stereocenters. The Labute approximate surface area is 169 Å². The van der Waals surface area contributed by atoms with Crippen molar-refractivity contribution in [2.24, 2.45) is 7.05 Å². The van der Waals surface area contributed by atoms with Crippen molar-refractivity contribution in [3.63, 3.8) is 0 Å². The molecule has 5 heteroatoms. The normalized spacial score (nSPS) is 10.5. The van der Waals surface area contributed by atoms with E-state index in [2.05, 4.69) is 24.5 Å². The summed E-state index contributed by atoms with van der Waals surface area (Å²) in [5.74, 6) is -0.415. The molecular formula is C23H22N2O2S. The van der Waals surface area contributed by atoms with Gasteiger partial charge in [-0.15, -0.1) is 11.8 Å². The van der Waals surface area contributed by atoms with Crippen molar-refractivity contribution >= 4 is 17.7 Å². The lowest BCUT2D eigenvalue weighted by molar-refractivity contribution is 0.0516. The number of nitriles is 1. The maximum absolute atomic E-state index is 12.6. The van der Waals surface area contributed by atoms with Gasteiger partial charge in [-0.2, -0.15) is 5.26 Å². The average molecular weight is 391 g/mol. The number of esters is 1. The number of rotatable bonds is 5. The van der Waals surface area contributed by atoms with Crippen LogP contribution >= 0.6 is 11.8 Å². The van der Waals surface area contributed by atoms with Gasteiger partial charge in [0.2, 0.25) is 0 Å². The van der Waals surface area contributed by atoms with E-state index in [1.54, 1.807) is 30.3 Å². The molecule has 3 rings (SSSR count). The molecule has 0 unspecified atom stereocenters. The molecule has 0 spiro atoms. The van der Waals surface area contributed by atoms with Crippen LogP contribution < -0.4 is 0 Å². The number of hydrogen-bond donors (Lipinski definition) is 0. The Morgan fingerprint density at radius 1 is 1.14 bits per heavy atom. The minimum absolute atomic E-state index is 0.287. The predicted molar refractivity (Wildman–Crippen MR) is 113 cm³/mol. The summed E-state index contributed by atoms with van der Waals surface area (Å²) in [6, 6.07) is 18.5. The fourth-order valence-corrected chi connectivity index (χ4v) is 3.98. The van der Waals surface area contributed by atoms with Gasteiger partial charge in [0.1, 0.15) is 11.8 Å². The van der Waals surface area contributed by atoms with Crippen LogP contribution in [0.3, 0.4) is 0 Å². The van der Waals surface area contributed by atoms with E-state index >= 15 is 0 Å². The Balaban J connectivity index is 2.13. The van der Waals surface area contributed by atoms with Crippen LogP contribution in [0.5, 0.6) is 0 Å². The van der Waals surface area contributed by atoms with Crippen LogP contribution in [-0.4, -0.2) is 23.4 Å². The van der Waals surface area contributed by atoms with Gasteiger partial charge in [0.15, 0.2) is 0 Å². The van der Waals surface area contributed by atoms with Crippen LogP contribution in [0.2, 0.25) is 0 Å². The van der Waals surface area contributed by atoms with Crippen LogP contribution in [0.25, 0.3) is 22.3 Å². The van der Waals surface area contributed by atoms with Crippen molar-refractivity contribution in [3.05, 3.63) is 65.5 Å². The van der Waals surface area contributed by atoms with E-state index in [1.165, 1.54) is 4.90 Å². The molecule has 0 N–H and O–H groups in total. The first-order valence-electron chi connectivity index (χ1n) is 9.03. The zero-order chi connectivity index (χ0) is 20.3. The molecule has 0 aliphatic carbocycles. The second kappa shape index (κ2) is 8.37. The third-order valence-corrected chi connectivity index (χ3v) is 5.66. The average Bonchev–Trinajstić information content (AvgIpc) is 2.98. The summed E-state index contributed by atoms with van der Waals surface area (Å²) < 4.78 is 6.97. The van der Waals surface area contributed by atoms with Crippen LogP contribution in [0.15, 0.2) is 53.4 Å². The molecular weight excluding hydrogens is 368 g/mol. The van der Waals surface area contributed by atoms with Crippen LogP contribution in [-0.2, 0) is 11.8 Å². The number of carbonyl (C=O) groups excluding carboxylic acids is 1. The van der Waals surface area contributed by atoms with Gasteiger partial charge in [-0.1, -0.05) is 42.5 Å². The third-order valence-electron chi connectivity index (χ3n) is 4.86. The number of benzene rings is 2. The Bertz CT molecular complexity index is 1060. The van der Waals surface area contributed by atoms with Crippen molar-refractivity contribution in [1.29, 1.82) is 5.26 Å². The van der Waals surface area contributed by atoms with E-state index in [0.29, 0.717) is 16.8 Å². The molecule has 2 aromatic carbocycles. The summed E-state index contributed by atoms with van der Waals surface area (Å²) in [5.41, 5.74) is 5.38. The summed E-state index contributed by atoms with van der Waals surface area (Å²) in [6.45, 7) is 3.90. The number of hydrogen-bond acceptors (Lipinski definition) is 4. The molecule has 0 aliphatic heterocycles. The molecule has 3 aromatic rings. The largest absolute Gasteiger partial charge is 0.461 e. The monoisotopic (exact) mass is 390 g/mol. The van der Waals surface area contributed by atoms with E-state index in [-0.39, 0.29) is 6.61 Å². The summed E-state index contributed by atoms with van der Waals surface area (Å²) in [4.78, 5) is 13.8. The Morgan fingerprint density at radius 2 is 1.79 bits per heavy atom. The Morgan fingerprint density at radius 3 is 2.39 bits per heavy atom. The first-order valence-corrected chi connectivity index (χ1v) is 10.3. The van der Waals surface area contributed by atoms with E-state index in [9.17, 15) is 10.1 Å². The van der Waals surface area contributed by atoms with Gasteiger partial charge in [0, 0.05) is 23.2 Å². The van der Waals surface area contributed by atoms with Gasteiger partial charge >= 0.3 is 5.97 Å². The van der Waals surface area contributed by atoms with Gasteiger partial charge in [-0.05, 0) is 42.9 Å². The Hall–Kier alpha value is -2.97. The second-order valence-electron chi connectivity index (χ2n) is 6.35. The highest BCUT2D eigenvalue weighted by molar-refractivity contribution is 7.98. The molecule has 1 aromatic heterocycles. The zero-order valence-electron chi connectivity index (χ0n) is 16.4. The molecule has 28 heavy (non-hydrogen) atoms. The standard InChI is InChI=1S/C23H22N2O2S/c1-5-27-23(26)22-21(19(14-24)15(2)25(22)3)17-12-10-16(11-13-17)18-8-6-7-9-20(18)28-4/h6-13H,5H2,1-4H3. The number of ether oxygens (including phenoxy) is 1. The number of nitrogens with zero attached hydrogens (tertiary/aromatic N) is 2. The van der Waals surface area contributed by atoms with E-state index < -0.39 is 5.97 Å². The van der Waals surface area contributed by atoms with Crippen LogP contribution in [0.1, 0.15) is 28.7 Å². The molecule has 4 nitrogen and oxygen atoms in total. The fraction of sp³-hybridized carbons (Fsp3) is 0.217. The van der Waals surface area contributed by atoms with Crippen molar-refractivity contribution in [2.45, 2.75) is 18.7 Å². The molecule has 0 bridgehead atoms. The summed E-state index contributed by atoms with van der Waals surface area (Å²) in [5, 5.41) is 9.69. The van der Waals surface area contributed by atoms with Crippen LogP contribution in [0.4, 0.5) is 0 Å². The molecule has 142 valence electrons. The van der Waals surface area contributed by atoms with E-state index in [4.69, 9.17) is 4.74 Å². The topological polar surface area (TPSA) is 55.0 Å². The molecule has 0 radical (unpaired) electrons. The third kappa shape index (κ3) is 3.44. The summed E-state index contributed by atoms with van der Waals surface area (Å²) in [7, 11) is 1.79. The zero-order valence-corrected chi connectivity index (χ0v) is 17.3. The lowest BCUT2D eigenvalue weighted by Gasteiger charge is -2.10. The van der Waals surface area contributed by atoms with E-state index in [1.807, 2.05) is 43.3 Å². The highest BCUT2D eigenvalue weighted by Crippen LogP contribution is 2.35. The van der Waals surface area contributed by atoms with Gasteiger partial charge < -0.3 is 9.30 Å². The first kappa shape index (κ1) is 19.8. The lowest BCUT2D eigenvalue weighted by Crippen LogP contribution is -2.11. The predicted octanol–water partition coefficient (Wildman–Crippen LogP) is 5.44. The summed E-state index contributed by atoms with van der Waals surface area (Å²) >= 11 is 1.71. The SMILES string of the molecule is CCOC(=O)c1c(-c2ccc(-c3ccccc3SC)cc2)c(C#N)c(C)n1C. The number of thioether (sulfide) groups is 1. The first-order chi connectivity index (χ1) is 13.5. The highest BCUT2D eigenvalue weighted by atomic mass is 32.2. The lowest BCUT2D eigenvalue weighted by atomic mass is 9.97. The van der Waals surface area contributed by atoms with E-state index in [0.717, 1.165) is 22.4 Å². The Kier molecular flexibility index (Phi) is 5.91. The quantitative estimate of drug-likeness (QED) is 0.430. The minimum Gasteiger partial charge on any atom is -0.461 e. The van der Waals surface area contributed by atoms with Crippen molar-refractivity contribution in [1.82, 2.24) is 4.57 Å². The van der Waals surface area contributed by atoms with Gasteiger partial charge in [0.25, 0.3) is 0 Å². The van der Waals surface area contributed by atoms with Gasteiger partial charge in [-0.3, -0.25) is 0 Å².